The maximum atomic E-state index is 10.9. The summed E-state index contributed by atoms with van der Waals surface area (Å²) in [6.45, 7) is 12.0. The SMILES string of the molecule is CCCC.CCCCCN(CC)C(C)=O. The van der Waals surface area contributed by atoms with Crippen LogP contribution in [0.15, 0.2) is 0 Å². The first-order valence-corrected chi connectivity index (χ1v) is 6.39. The third-order valence-corrected chi connectivity index (χ3v) is 2.36. The Balaban J connectivity index is 0. The Kier molecular flexibility index (Phi) is 15.2. The molecule has 2 heteroatoms. The normalized spacial score (nSPS) is 9.13. The fourth-order valence-corrected chi connectivity index (χ4v) is 1.09. The summed E-state index contributed by atoms with van der Waals surface area (Å²) in [7, 11) is 0. The number of hydrogen-bond donors (Lipinski definition) is 0. The summed E-state index contributed by atoms with van der Waals surface area (Å²) in [5.41, 5.74) is 0. The van der Waals surface area contributed by atoms with Gasteiger partial charge in [-0.1, -0.05) is 46.5 Å². The van der Waals surface area contributed by atoms with E-state index in [4.69, 9.17) is 0 Å². The van der Waals surface area contributed by atoms with E-state index in [1.165, 1.54) is 25.7 Å². The third kappa shape index (κ3) is 13.5. The van der Waals surface area contributed by atoms with E-state index >= 15 is 0 Å². The van der Waals surface area contributed by atoms with Gasteiger partial charge in [-0.15, -0.1) is 0 Å². The highest BCUT2D eigenvalue weighted by molar-refractivity contribution is 5.73. The molecule has 0 heterocycles. The standard InChI is InChI=1S/C9H19NO.C4H10/c1-4-6-7-8-10(5-2)9(3)11;1-3-4-2/h4-8H2,1-3H3;3-4H2,1-2H3. The van der Waals surface area contributed by atoms with Gasteiger partial charge in [0.05, 0.1) is 0 Å². The lowest BCUT2D eigenvalue weighted by atomic mass is 10.2. The number of carbonyl (C=O) groups is 1. The number of unbranched alkanes of at least 4 members (excludes halogenated alkanes) is 3. The molecular weight excluding hydrogens is 186 g/mol. The van der Waals surface area contributed by atoms with Crippen LogP contribution in [-0.4, -0.2) is 23.9 Å². The predicted molar refractivity (Wildman–Crippen MR) is 68.0 cm³/mol. The Bertz CT molecular complexity index is 132. The lowest BCUT2D eigenvalue weighted by molar-refractivity contribution is -0.128. The van der Waals surface area contributed by atoms with E-state index in [9.17, 15) is 4.79 Å². The lowest BCUT2D eigenvalue weighted by Crippen LogP contribution is -2.29. The maximum absolute atomic E-state index is 10.9. The molecule has 0 aliphatic heterocycles. The number of hydrogen-bond acceptors (Lipinski definition) is 1. The molecule has 0 rings (SSSR count). The van der Waals surface area contributed by atoms with Crippen molar-refractivity contribution in [2.45, 2.75) is 66.7 Å². The first-order valence-electron chi connectivity index (χ1n) is 6.39. The van der Waals surface area contributed by atoms with Crippen molar-refractivity contribution < 1.29 is 4.79 Å². The predicted octanol–water partition coefficient (Wildman–Crippen LogP) is 3.85. The van der Waals surface area contributed by atoms with Gasteiger partial charge < -0.3 is 4.90 Å². The summed E-state index contributed by atoms with van der Waals surface area (Å²) in [6, 6.07) is 0. The molecule has 0 bridgehead atoms. The number of nitrogens with zero attached hydrogens (tertiary/aromatic N) is 1. The van der Waals surface area contributed by atoms with Crippen molar-refractivity contribution in [3.63, 3.8) is 0 Å². The first kappa shape index (κ1) is 16.9. The van der Waals surface area contributed by atoms with Crippen LogP contribution < -0.4 is 0 Å². The molecule has 0 fully saturated rings. The smallest absolute Gasteiger partial charge is 0.219 e. The molecule has 0 aliphatic rings. The quantitative estimate of drug-likeness (QED) is 0.616. The molecule has 0 saturated heterocycles. The van der Waals surface area contributed by atoms with Gasteiger partial charge in [-0.25, -0.2) is 0 Å². The van der Waals surface area contributed by atoms with Gasteiger partial charge in [0.15, 0.2) is 0 Å². The average molecular weight is 215 g/mol. The van der Waals surface area contributed by atoms with Crippen LogP contribution in [0, 0.1) is 0 Å². The summed E-state index contributed by atoms with van der Waals surface area (Å²) in [5.74, 6) is 0.198. The van der Waals surface area contributed by atoms with Gasteiger partial charge >= 0.3 is 0 Å². The molecule has 1 amide bonds. The topological polar surface area (TPSA) is 20.3 Å². The molecule has 0 aromatic heterocycles. The highest BCUT2D eigenvalue weighted by Crippen LogP contribution is 1.97. The zero-order chi connectivity index (χ0) is 12.1. The van der Waals surface area contributed by atoms with Crippen molar-refractivity contribution in [1.82, 2.24) is 4.90 Å². The van der Waals surface area contributed by atoms with Gasteiger partial charge in [-0.3, -0.25) is 4.79 Å². The molecule has 0 radical (unpaired) electrons. The number of amides is 1. The van der Waals surface area contributed by atoms with Gasteiger partial charge in [0.25, 0.3) is 0 Å². The average Bonchev–Trinajstić information content (AvgIpc) is 2.24. The second-order valence-corrected chi connectivity index (χ2v) is 3.81. The second-order valence-electron chi connectivity index (χ2n) is 3.81. The molecule has 92 valence electrons. The third-order valence-electron chi connectivity index (χ3n) is 2.36. The van der Waals surface area contributed by atoms with Gasteiger partial charge in [0.1, 0.15) is 0 Å². The van der Waals surface area contributed by atoms with Gasteiger partial charge in [-0.2, -0.15) is 0 Å². The Morgan fingerprint density at radius 2 is 1.47 bits per heavy atom. The highest BCUT2D eigenvalue weighted by atomic mass is 16.2. The minimum atomic E-state index is 0.198. The molecule has 0 unspecified atom stereocenters. The Morgan fingerprint density at radius 3 is 1.73 bits per heavy atom. The van der Waals surface area contributed by atoms with Crippen LogP contribution in [0.4, 0.5) is 0 Å². The van der Waals surface area contributed by atoms with E-state index in [0.29, 0.717) is 0 Å². The zero-order valence-corrected chi connectivity index (χ0v) is 11.3. The Labute approximate surface area is 96.0 Å². The van der Waals surface area contributed by atoms with Crippen molar-refractivity contribution in [2.75, 3.05) is 13.1 Å². The van der Waals surface area contributed by atoms with E-state index in [1.54, 1.807) is 6.92 Å². The van der Waals surface area contributed by atoms with Crippen molar-refractivity contribution in [1.29, 1.82) is 0 Å². The molecule has 0 saturated carbocycles. The molecule has 0 aromatic carbocycles. The zero-order valence-electron chi connectivity index (χ0n) is 11.3. The van der Waals surface area contributed by atoms with Crippen molar-refractivity contribution >= 4 is 5.91 Å². The van der Waals surface area contributed by atoms with E-state index < -0.39 is 0 Å². The summed E-state index contributed by atoms with van der Waals surface area (Å²) in [4.78, 5) is 12.8. The molecule has 0 aromatic rings. The molecule has 0 atom stereocenters. The van der Waals surface area contributed by atoms with Crippen LogP contribution in [0.2, 0.25) is 0 Å². The summed E-state index contributed by atoms with van der Waals surface area (Å²) in [6.07, 6.45) is 6.23. The van der Waals surface area contributed by atoms with Crippen molar-refractivity contribution in [3.05, 3.63) is 0 Å². The molecule has 15 heavy (non-hydrogen) atoms. The Morgan fingerprint density at radius 1 is 0.933 bits per heavy atom. The van der Waals surface area contributed by atoms with Crippen molar-refractivity contribution in [2.24, 2.45) is 0 Å². The van der Waals surface area contributed by atoms with Crippen LogP contribution in [0.25, 0.3) is 0 Å². The van der Waals surface area contributed by atoms with E-state index in [0.717, 1.165) is 19.5 Å². The fourth-order valence-electron chi connectivity index (χ4n) is 1.09. The summed E-state index contributed by atoms with van der Waals surface area (Å²) >= 11 is 0. The van der Waals surface area contributed by atoms with E-state index in [1.807, 2.05) is 11.8 Å². The maximum Gasteiger partial charge on any atom is 0.219 e. The van der Waals surface area contributed by atoms with Crippen LogP contribution in [0.3, 0.4) is 0 Å². The van der Waals surface area contributed by atoms with Gasteiger partial charge in [-0.05, 0) is 13.3 Å². The van der Waals surface area contributed by atoms with Crippen LogP contribution in [0.5, 0.6) is 0 Å². The molecule has 0 N–H and O–H groups in total. The monoisotopic (exact) mass is 215 g/mol. The molecular formula is C13H29NO. The van der Waals surface area contributed by atoms with Gasteiger partial charge in [0, 0.05) is 20.0 Å². The van der Waals surface area contributed by atoms with Crippen LogP contribution >= 0.6 is 0 Å². The van der Waals surface area contributed by atoms with Gasteiger partial charge in [0.2, 0.25) is 5.91 Å². The highest BCUT2D eigenvalue weighted by Gasteiger charge is 2.03. The second kappa shape index (κ2) is 13.5. The fraction of sp³-hybridized carbons (Fsp3) is 0.923. The number of rotatable bonds is 6. The van der Waals surface area contributed by atoms with Crippen LogP contribution in [0.1, 0.15) is 66.7 Å². The number of carbonyl (C=O) groups excluding carboxylic acids is 1. The molecule has 2 nitrogen and oxygen atoms in total. The van der Waals surface area contributed by atoms with E-state index in [-0.39, 0.29) is 5.91 Å². The Hall–Kier alpha value is -0.530. The largest absolute Gasteiger partial charge is 0.343 e. The van der Waals surface area contributed by atoms with E-state index in [2.05, 4.69) is 20.8 Å². The lowest BCUT2D eigenvalue weighted by Gasteiger charge is -2.18. The molecule has 0 spiro atoms. The minimum absolute atomic E-state index is 0.198. The molecule has 0 aliphatic carbocycles. The summed E-state index contributed by atoms with van der Waals surface area (Å²) < 4.78 is 0. The van der Waals surface area contributed by atoms with Crippen LogP contribution in [-0.2, 0) is 4.79 Å². The first-order chi connectivity index (χ1) is 7.13. The summed E-state index contributed by atoms with van der Waals surface area (Å²) in [5, 5.41) is 0. The minimum Gasteiger partial charge on any atom is -0.343 e. The van der Waals surface area contributed by atoms with Crippen molar-refractivity contribution in [3.8, 4) is 0 Å².